The van der Waals surface area contributed by atoms with E-state index in [4.69, 9.17) is 0 Å². The summed E-state index contributed by atoms with van der Waals surface area (Å²) in [5, 5.41) is 3.35. The fourth-order valence-corrected chi connectivity index (χ4v) is 5.50. The third kappa shape index (κ3) is 3.55. The van der Waals surface area contributed by atoms with Gasteiger partial charge in [-0.2, -0.15) is 0 Å². The Bertz CT molecular complexity index is 829. The maximum Gasteiger partial charge on any atom is 0.198 e. The van der Waals surface area contributed by atoms with Crippen molar-refractivity contribution in [2.75, 3.05) is 25.0 Å². The molecule has 2 aliphatic heterocycles. The van der Waals surface area contributed by atoms with E-state index < -0.39 is 15.9 Å². The number of hydrogen-bond acceptors (Lipinski definition) is 4. The third-order valence-electron chi connectivity index (χ3n) is 5.48. The minimum absolute atomic E-state index is 0.346. The standard InChI is InChI=1S/C20H25N3O2S/c1-16-6-8-17(9-7-16)14-23-12-10-20(11-13-23)15-21-18-4-2-3-5-19(18)26(24,25)22-20/h2-9,21H,10-15H2,1H3,(H-,22,24,25). The highest BCUT2D eigenvalue weighted by atomic mass is 32.3. The van der Waals surface area contributed by atoms with Crippen molar-refractivity contribution in [3.63, 3.8) is 0 Å². The average Bonchev–Trinajstić information content (AvgIpc) is 2.74. The minimum Gasteiger partial charge on any atom is -0.593 e. The Morgan fingerprint density at radius 1 is 1.12 bits per heavy atom. The van der Waals surface area contributed by atoms with Crippen LogP contribution in [0.25, 0.3) is 0 Å². The number of rotatable bonds is 2. The van der Waals surface area contributed by atoms with Crippen LogP contribution in [-0.4, -0.2) is 34.6 Å². The highest BCUT2D eigenvalue weighted by molar-refractivity contribution is 7.96. The monoisotopic (exact) mass is 371 g/mol. The van der Waals surface area contributed by atoms with Crippen LogP contribution in [0.4, 0.5) is 5.69 Å². The van der Waals surface area contributed by atoms with Crippen LogP contribution in [0.3, 0.4) is 0 Å². The summed E-state index contributed by atoms with van der Waals surface area (Å²) in [5.41, 5.74) is 2.85. The number of anilines is 1. The molecule has 1 atom stereocenters. The Morgan fingerprint density at radius 3 is 2.54 bits per heavy atom. The molecule has 0 aliphatic carbocycles. The zero-order valence-corrected chi connectivity index (χ0v) is 15.8. The molecule has 0 saturated carbocycles. The summed E-state index contributed by atoms with van der Waals surface area (Å²) in [5.74, 6) is 0. The van der Waals surface area contributed by atoms with Gasteiger partial charge in [0.05, 0.1) is 11.2 Å². The van der Waals surface area contributed by atoms with Crippen LogP contribution < -0.4 is 10.0 Å². The highest BCUT2D eigenvalue weighted by Gasteiger charge is 2.44. The quantitative estimate of drug-likeness (QED) is 0.797. The van der Waals surface area contributed by atoms with Crippen molar-refractivity contribution in [1.29, 1.82) is 0 Å². The van der Waals surface area contributed by atoms with Crippen LogP contribution in [0.15, 0.2) is 53.4 Å². The van der Waals surface area contributed by atoms with Crippen molar-refractivity contribution in [3.8, 4) is 0 Å². The lowest BCUT2D eigenvalue weighted by molar-refractivity contribution is 0.150. The number of hydrogen-bond donors (Lipinski definition) is 2. The average molecular weight is 372 g/mol. The molecule has 0 radical (unpaired) electrons. The molecule has 0 aromatic heterocycles. The molecule has 2 heterocycles. The second kappa shape index (κ2) is 6.78. The Labute approximate surface area is 156 Å². The lowest BCUT2D eigenvalue weighted by Gasteiger charge is -2.41. The second-order valence-electron chi connectivity index (χ2n) is 7.50. The predicted octanol–water partition coefficient (Wildman–Crippen LogP) is 2.95. The first-order valence-electron chi connectivity index (χ1n) is 9.11. The minimum atomic E-state index is -3.50. The summed E-state index contributed by atoms with van der Waals surface area (Å²) in [6.07, 6.45) is 1.61. The van der Waals surface area contributed by atoms with Crippen LogP contribution in [0.5, 0.6) is 0 Å². The Hall–Kier alpha value is -1.73. The molecule has 2 N–H and O–H groups in total. The van der Waals surface area contributed by atoms with Crippen molar-refractivity contribution in [2.24, 2.45) is 0 Å². The van der Waals surface area contributed by atoms with Crippen molar-refractivity contribution in [1.82, 2.24) is 9.62 Å². The molecule has 2 aromatic rings. The Balaban J connectivity index is 1.45. The van der Waals surface area contributed by atoms with Crippen molar-refractivity contribution >= 4 is 16.1 Å². The van der Waals surface area contributed by atoms with Gasteiger partial charge in [0.1, 0.15) is 0 Å². The van der Waals surface area contributed by atoms with Crippen molar-refractivity contribution < 1.29 is 8.76 Å². The molecule has 5 nitrogen and oxygen atoms in total. The number of likely N-dealkylation sites (tertiary alicyclic amines) is 1. The van der Waals surface area contributed by atoms with Crippen LogP contribution in [0.1, 0.15) is 24.0 Å². The predicted molar refractivity (Wildman–Crippen MR) is 104 cm³/mol. The number of nitrogens with one attached hydrogen (secondary N) is 2. The topological polar surface area (TPSA) is 67.4 Å². The van der Waals surface area contributed by atoms with Gasteiger partial charge >= 0.3 is 0 Å². The van der Waals surface area contributed by atoms with Crippen LogP contribution in [-0.2, 0) is 21.2 Å². The number of para-hydroxylation sites is 1. The number of nitrogens with zero attached hydrogens (tertiary/aromatic N) is 1. The van der Waals surface area contributed by atoms with Gasteiger partial charge in [0.15, 0.2) is 15.3 Å². The van der Waals surface area contributed by atoms with E-state index >= 15 is 0 Å². The van der Waals surface area contributed by atoms with Gasteiger partial charge < -0.3 is 9.87 Å². The lowest BCUT2D eigenvalue weighted by atomic mass is 9.88. The van der Waals surface area contributed by atoms with E-state index in [2.05, 4.69) is 46.1 Å². The summed E-state index contributed by atoms with van der Waals surface area (Å²) in [6.45, 7) is 5.40. The molecular formula is C20H25N3O2S. The van der Waals surface area contributed by atoms with E-state index in [0.29, 0.717) is 17.1 Å². The molecule has 0 bridgehead atoms. The molecule has 2 aromatic carbocycles. The second-order valence-corrected chi connectivity index (χ2v) is 9.15. The van der Waals surface area contributed by atoms with Crippen LogP contribution in [0, 0.1) is 6.92 Å². The third-order valence-corrected chi connectivity index (χ3v) is 7.12. The summed E-state index contributed by atoms with van der Waals surface area (Å²) in [4.78, 5) is 2.75. The van der Waals surface area contributed by atoms with E-state index in [1.54, 1.807) is 12.1 Å². The van der Waals surface area contributed by atoms with Gasteiger partial charge in [0.2, 0.25) is 0 Å². The molecule has 26 heavy (non-hydrogen) atoms. The molecule has 0 amide bonds. The van der Waals surface area contributed by atoms with Gasteiger partial charge in [-0.1, -0.05) is 46.2 Å². The first-order chi connectivity index (χ1) is 12.5. The molecule has 1 fully saturated rings. The lowest BCUT2D eigenvalue weighted by Crippen LogP contribution is -2.58. The summed E-state index contributed by atoms with van der Waals surface area (Å²) in [6, 6.07) is 15.8. The van der Waals surface area contributed by atoms with Gasteiger partial charge in [-0.05, 0) is 37.5 Å². The number of sulfonamides is 1. The molecule has 138 valence electrons. The number of benzene rings is 2. The fourth-order valence-electron chi connectivity index (χ4n) is 3.86. The first-order valence-corrected chi connectivity index (χ1v) is 10.6. The maximum absolute atomic E-state index is 12.8. The smallest absolute Gasteiger partial charge is 0.198 e. The SMILES string of the molecule is Cc1ccc(CN2CCC3(CC2)CNc2ccccc2[S+](=O)([O-])N3)cc1. The van der Waals surface area contributed by atoms with Crippen LogP contribution >= 0.6 is 0 Å². The zero-order valence-electron chi connectivity index (χ0n) is 15.0. The molecule has 1 saturated heterocycles. The van der Waals surface area contributed by atoms with E-state index in [9.17, 15) is 8.76 Å². The zero-order chi connectivity index (χ0) is 18.2. The summed E-state index contributed by atoms with van der Waals surface area (Å²) in [7, 11) is -3.50. The normalized spacial score (nSPS) is 25.3. The first kappa shape index (κ1) is 17.7. The Kier molecular flexibility index (Phi) is 4.61. The van der Waals surface area contributed by atoms with Gasteiger partial charge in [-0.25, -0.2) is 0 Å². The summed E-state index contributed by atoms with van der Waals surface area (Å²) >= 11 is 0. The fraction of sp³-hybridized carbons (Fsp3) is 0.400. The van der Waals surface area contributed by atoms with Gasteiger partial charge in [0, 0.05) is 26.2 Å². The molecule has 1 unspecified atom stereocenters. The van der Waals surface area contributed by atoms with Crippen molar-refractivity contribution in [2.45, 2.75) is 36.7 Å². The molecule has 1 spiro atoms. The van der Waals surface area contributed by atoms with E-state index in [-0.39, 0.29) is 0 Å². The highest BCUT2D eigenvalue weighted by Crippen LogP contribution is 2.34. The van der Waals surface area contributed by atoms with E-state index in [1.807, 2.05) is 12.1 Å². The van der Waals surface area contributed by atoms with E-state index in [1.165, 1.54) is 11.1 Å². The molecule has 2 aliphatic rings. The van der Waals surface area contributed by atoms with Gasteiger partial charge in [-0.3, -0.25) is 4.90 Å². The Morgan fingerprint density at radius 2 is 1.81 bits per heavy atom. The molecule has 4 rings (SSSR count). The number of fused-ring (bicyclic) bond motifs is 1. The van der Waals surface area contributed by atoms with E-state index in [0.717, 1.165) is 32.5 Å². The summed E-state index contributed by atoms with van der Waals surface area (Å²) < 4.78 is 28.6. The van der Waals surface area contributed by atoms with Gasteiger partial charge in [-0.15, -0.1) is 4.72 Å². The van der Waals surface area contributed by atoms with Gasteiger partial charge in [0.25, 0.3) is 0 Å². The maximum atomic E-state index is 12.8. The molecule has 6 heteroatoms. The number of piperidine rings is 1. The molecular weight excluding hydrogens is 346 g/mol. The number of aryl methyl sites for hydroxylation is 1. The largest absolute Gasteiger partial charge is 0.593 e. The van der Waals surface area contributed by atoms with Crippen molar-refractivity contribution in [3.05, 3.63) is 59.7 Å². The van der Waals surface area contributed by atoms with Crippen LogP contribution in [0.2, 0.25) is 0 Å².